The Hall–Kier alpha value is -4.12. The minimum atomic E-state index is -0.777. The summed E-state index contributed by atoms with van der Waals surface area (Å²) in [6.07, 6.45) is 1.85. The number of aryl methyl sites for hydroxylation is 2. The summed E-state index contributed by atoms with van der Waals surface area (Å²) in [6.45, 7) is 8.97. The highest BCUT2D eigenvalue weighted by Gasteiger charge is 2.39. The Morgan fingerprint density at radius 2 is 1.86 bits per heavy atom. The molecule has 2 amide bonds. The van der Waals surface area contributed by atoms with Crippen molar-refractivity contribution in [2.75, 3.05) is 18.5 Å². The van der Waals surface area contributed by atoms with Gasteiger partial charge in [0.05, 0.1) is 11.7 Å². The second kappa shape index (κ2) is 12.8. The standard InChI is InChI=1S/C31H37F3N6O2/c1-19-27(20(2)42-38-19)37-30(41)40(14-13-23(35)16-32)28(31(3,4)5)29-36-26(24-15-22(33)11-12-25(24)34)18-39(29)17-21-9-7-6-8-10-21/h6-12,15,18,23,28H,13-14,16-17,35H2,1-5H3,(H,37,41). The van der Waals surface area contributed by atoms with Gasteiger partial charge in [0.1, 0.15) is 35.5 Å². The van der Waals surface area contributed by atoms with Gasteiger partial charge in [-0.15, -0.1) is 0 Å². The van der Waals surface area contributed by atoms with E-state index in [1.165, 1.54) is 0 Å². The maximum atomic E-state index is 14.9. The maximum Gasteiger partial charge on any atom is 0.322 e. The average Bonchev–Trinajstić information content (AvgIpc) is 3.49. The SMILES string of the molecule is Cc1noc(C)c1NC(=O)N(CCC(N)CF)C(c1nc(-c2cc(F)ccc2F)cn1Cc1ccccc1)C(C)(C)C. The summed E-state index contributed by atoms with van der Waals surface area (Å²) in [7, 11) is 0. The molecule has 3 N–H and O–H groups in total. The normalized spacial score (nSPS) is 13.2. The molecule has 8 nitrogen and oxygen atoms in total. The molecule has 0 radical (unpaired) electrons. The lowest BCUT2D eigenvalue weighted by Crippen LogP contribution is -2.46. The molecule has 0 saturated carbocycles. The Labute approximate surface area is 243 Å². The van der Waals surface area contributed by atoms with Gasteiger partial charge in [-0.3, -0.25) is 0 Å². The Morgan fingerprint density at radius 3 is 2.48 bits per heavy atom. The fourth-order valence-electron chi connectivity index (χ4n) is 4.94. The molecule has 224 valence electrons. The molecule has 0 aliphatic rings. The Morgan fingerprint density at radius 1 is 1.14 bits per heavy atom. The Bertz CT molecular complexity index is 1490. The minimum absolute atomic E-state index is 0.00175. The van der Waals surface area contributed by atoms with Gasteiger partial charge in [-0.25, -0.2) is 22.9 Å². The second-order valence-electron chi connectivity index (χ2n) is 11.5. The van der Waals surface area contributed by atoms with Crippen LogP contribution in [0.5, 0.6) is 0 Å². The number of halogens is 3. The van der Waals surface area contributed by atoms with Gasteiger partial charge >= 0.3 is 6.03 Å². The number of nitrogens with one attached hydrogen (secondary N) is 1. The smallest absolute Gasteiger partial charge is 0.322 e. The van der Waals surface area contributed by atoms with Crippen LogP contribution in [0, 0.1) is 30.9 Å². The van der Waals surface area contributed by atoms with Crippen molar-refractivity contribution in [2.24, 2.45) is 11.1 Å². The van der Waals surface area contributed by atoms with Gasteiger partial charge in [-0.05, 0) is 49.4 Å². The average molecular weight is 583 g/mol. The van der Waals surface area contributed by atoms with E-state index in [0.29, 0.717) is 29.5 Å². The second-order valence-corrected chi connectivity index (χ2v) is 11.5. The summed E-state index contributed by atoms with van der Waals surface area (Å²) in [4.78, 5) is 20.4. The number of hydrogen-bond donors (Lipinski definition) is 2. The molecule has 4 aromatic rings. The third-order valence-electron chi connectivity index (χ3n) is 7.05. The number of aromatic nitrogens is 3. The van der Waals surface area contributed by atoms with Gasteiger partial charge in [0.2, 0.25) is 0 Å². The van der Waals surface area contributed by atoms with Crippen LogP contribution >= 0.6 is 0 Å². The quantitative estimate of drug-likeness (QED) is 0.214. The number of anilines is 1. The van der Waals surface area contributed by atoms with Crippen LogP contribution in [0.1, 0.15) is 56.1 Å². The predicted octanol–water partition coefficient (Wildman–Crippen LogP) is 6.79. The molecule has 2 aromatic carbocycles. The van der Waals surface area contributed by atoms with Crippen LogP contribution in [-0.2, 0) is 6.54 Å². The summed E-state index contributed by atoms with van der Waals surface area (Å²) in [6, 6.07) is 10.9. The number of nitrogens with zero attached hydrogens (tertiary/aromatic N) is 4. The number of hydrogen-bond acceptors (Lipinski definition) is 5. The number of carbonyl (C=O) groups excluding carboxylic acids is 1. The van der Waals surface area contributed by atoms with Crippen molar-refractivity contribution >= 4 is 11.7 Å². The molecule has 4 rings (SSSR count). The van der Waals surface area contributed by atoms with Crippen LogP contribution in [0.3, 0.4) is 0 Å². The monoisotopic (exact) mass is 582 g/mol. The van der Waals surface area contributed by atoms with E-state index >= 15 is 0 Å². The van der Waals surface area contributed by atoms with Crippen LogP contribution in [-0.4, -0.2) is 44.9 Å². The molecular weight excluding hydrogens is 545 g/mol. The Balaban J connectivity index is 1.87. The summed E-state index contributed by atoms with van der Waals surface area (Å²) < 4.78 is 49.6. The summed E-state index contributed by atoms with van der Waals surface area (Å²) in [5, 5.41) is 6.82. The van der Waals surface area contributed by atoms with Crippen molar-refractivity contribution in [1.29, 1.82) is 0 Å². The summed E-state index contributed by atoms with van der Waals surface area (Å²) in [5.41, 5.74) is 7.43. The molecule has 0 aliphatic carbocycles. The number of carbonyl (C=O) groups is 1. The van der Waals surface area contributed by atoms with Gasteiger partial charge in [0.25, 0.3) is 0 Å². The first-order chi connectivity index (χ1) is 19.9. The summed E-state index contributed by atoms with van der Waals surface area (Å²) in [5.74, 6) is -0.337. The van der Waals surface area contributed by atoms with E-state index in [1.807, 2.05) is 55.7 Å². The third-order valence-corrected chi connectivity index (χ3v) is 7.05. The van der Waals surface area contributed by atoms with Crippen molar-refractivity contribution in [3.05, 3.63) is 89.2 Å². The van der Waals surface area contributed by atoms with Gasteiger partial charge in [-0.2, -0.15) is 0 Å². The lowest BCUT2D eigenvalue weighted by Gasteiger charge is -2.40. The highest BCUT2D eigenvalue weighted by Crippen LogP contribution is 2.40. The topological polar surface area (TPSA) is 102 Å². The molecule has 2 aromatic heterocycles. The van der Waals surface area contributed by atoms with E-state index in [4.69, 9.17) is 15.2 Å². The third kappa shape index (κ3) is 7.02. The largest absolute Gasteiger partial charge is 0.359 e. The number of rotatable bonds is 10. The number of urea groups is 1. The molecule has 2 atom stereocenters. The molecule has 2 unspecified atom stereocenters. The first-order valence-electron chi connectivity index (χ1n) is 13.8. The van der Waals surface area contributed by atoms with Crippen molar-refractivity contribution < 1.29 is 22.5 Å². The fourth-order valence-corrected chi connectivity index (χ4v) is 4.94. The first kappa shape index (κ1) is 30.8. The van der Waals surface area contributed by atoms with Crippen molar-refractivity contribution in [1.82, 2.24) is 19.6 Å². The van der Waals surface area contributed by atoms with Crippen molar-refractivity contribution in [3.8, 4) is 11.3 Å². The van der Waals surface area contributed by atoms with Crippen LogP contribution < -0.4 is 11.1 Å². The number of nitrogens with two attached hydrogens (primary N) is 1. The predicted molar refractivity (Wildman–Crippen MR) is 156 cm³/mol. The van der Waals surface area contributed by atoms with E-state index in [9.17, 15) is 18.0 Å². The van der Waals surface area contributed by atoms with Crippen LogP contribution in [0.25, 0.3) is 11.3 Å². The van der Waals surface area contributed by atoms with Crippen LogP contribution in [0.2, 0.25) is 0 Å². The highest BCUT2D eigenvalue weighted by atomic mass is 19.1. The molecule has 42 heavy (non-hydrogen) atoms. The van der Waals surface area contributed by atoms with Gasteiger partial charge < -0.3 is 25.0 Å². The minimum Gasteiger partial charge on any atom is -0.359 e. The van der Waals surface area contributed by atoms with Crippen LogP contribution in [0.15, 0.2) is 59.3 Å². The maximum absolute atomic E-state index is 14.9. The van der Waals surface area contributed by atoms with E-state index in [0.717, 1.165) is 23.8 Å². The van der Waals surface area contributed by atoms with Crippen molar-refractivity contribution in [3.63, 3.8) is 0 Å². The highest BCUT2D eigenvalue weighted by molar-refractivity contribution is 5.90. The molecule has 0 saturated heterocycles. The molecule has 0 spiro atoms. The molecule has 2 heterocycles. The van der Waals surface area contributed by atoms with Gasteiger partial charge in [0, 0.05) is 30.9 Å². The molecular formula is C31H37F3N6O2. The van der Waals surface area contributed by atoms with E-state index in [2.05, 4.69) is 10.5 Å². The van der Waals surface area contributed by atoms with Crippen LogP contribution in [0.4, 0.5) is 23.7 Å². The molecule has 11 heteroatoms. The zero-order valence-corrected chi connectivity index (χ0v) is 24.5. The zero-order valence-electron chi connectivity index (χ0n) is 24.5. The number of benzene rings is 2. The van der Waals surface area contributed by atoms with E-state index < -0.39 is 41.8 Å². The number of alkyl halides is 1. The first-order valence-corrected chi connectivity index (χ1v) is 13.8. The zero-order chi connectivity index (χ0) is 30.6. The van der Waals surface area contributed by atoms with Crippen molar-refractivity contribution in [2.45, 2.75) is 59.7 Å². The van der Waals surface area contributed by atoms with Gasteiger partial charge in [0.15, 0.2) is 5.76 Å². The number of imidazole rings is 1. The van der Waals surface area contributed by atoms with E-state index in [1.54, 1.807) is 24.9 Å². The Kier molecular flexibility index (Phi) is 9.40. The van der Waals surface area contributed by atoms with Gasteiger partial charge in [-0.1, -0.05) is 56.3 Å². The fraction of sp³-hybridized carbons (Fsp3) is 0.387. The molecule has 0 aliphatic heterocycles. The lowest BCUT2D eigenvalue weighted by atomic mass is 9.84. The lowest BCUT2D eigenvalue weighted by molar-refractivity contribution is 0.113. The molecule has 0 bridgehead atoms. The molecule has 0 fully saturated rings. The summed E-state index contributed by atoms with van der Waals surface area (Å²) >= 11 is 0. The number of amides is 2. The van der Waals surface area contributed by atoms with E-state index in [-0.39, 0.29) is 24.2 Å².